The van der Waals surface area contributed by atoms with Crippen LogP contribution in [-0.4, -0.2) is 47.0 Å². The van der Waals surface area contributed by atoms with Crippen LogP contribution in [0.2, 0.25) is 0 Å². The molecule has 0 unspecified atom stereocenters. The number of aryl methyl sites for hydroxylation is 1. The number of nitrogens with zero attached hydrogens (tertiary/aromatic N) is 3. The highest BCUT2D eigenvalue weighted by molar-refractivity contribution is 5.96. The second kappa shape index (κ2) is 13.0. The molecule has 10 heteroatoms. The SMILES string of the molecule is C=CCNCCCCNC(=O)c1ccc(Nc2nccn3c(-c4ccc(OC)c(F)c4F)cnc23)cc1CC. The summed E-state index contributed by atoms with van der Waals surface area (Å²) in [6.07, 6.45) is 8.97. The number of rotatable bonds is 13. The second-order valence-corrected chi connectivity index (χ2v) is 8.86. The second-order valence-electron chi connectivity index (χ2n) is 8.86. The van der Waals surface area contributed by atoms with Gasteiger partial charge in [0.15, 0.2) is 23.0 Å². The van der Waals surface area contributed by atoms with Gasteiger partial charge in [0.05, 0.1) is 19.0 Å². The number of hydrogen-bond acceptors (Lipinski definition) is 6. The van der Waals surface area contributed by atoms with Gasteiger partial charge in [0, 0.05) is 42.3 Å². The van der Waals surface area contributed by atoms with Crippen molar-refractivity contribution in [3.8, 4) is 17.0 Å². The molecule has 0 saturated carbocycles. The Kier molecular flexibility index (Phi) is 9.22. The molecule has 4 aromatic rings. The van der Waals surface area contributed by atoms with Crippen molar-refractivity contribution in [1.29, 1.82) is 0 Å². The van der Waals surface area contributed by atoms with Gasteiger partial charge in [-0.15, -0.1) is 6.58 Å². The number of methoxy groups -OCH3 is 1. The molecular formula is C29H32F2N6O2. The topological polar surface area (TPSA) is 92.6 Å². The van der Waals surface area contributed by atoms with Gasteiger partial charge in [-0.2, -0.15) is 4.39 Å². The Labute approximate surface area is 226 Å². The summed E-state index contributed by atoms with van der Waals surface area (Å²) in [4.78, 5) is 21.6. The first kappa shape index (κ1) is 27.7. The van der Waals surface area contributed by atoms with Gasteiger partial charge in [-0.1, -0.05) is 13.0 Å². The van der Waals surface area contributed by atoms with Crippen molar-refractivity contribution in [3.05, 3.63) is 84.3 Å². The molecule has 0 bridgehead atoms. The summed E-state index contributed by atoms with van der Waals surface area (Å²) in [6.45, 7) is 7.93. The molecule has 0 saturated heterocycles. The molecule has 8 nitrogen and oxygen atoms in total. The fraction of sp³-hybridized carbons (Fsp3) is 0.276. The third-order valence-corrected chi connectivity index (χ3v) is 6.32. The lowest BCUT2D eigenvalue weighted by molar-refractivity contribution is 0.0952. The largest absolute Gasteiger partial charge is 0.494 e. The fourth-order valence-electron chi connectivity index (χ4n) is 4.29. The van der Waals surface area contributed by atoms with Gasteiger partial charge in [0.1, 0.15) is 0 Å². The molecule has 3 N–H and O–H groups in total. The number of imidazole rings is 1. The zero-order valence-corrected chi connectivity index (χ0v) is 22.1. The van der Waals surface area contributed by atoms with E-state index in [1.54, 1.807) is 28.9 Å². The number of unbranched alkanes of at least 4 members (excludes halogenated alkanes) is 1. The minimum absolute atomic E-state index is 0.0506. The van der Waals surface area contributed by atoms with Crippen LogP contribution < -0.4 is 20.7 Å². The lowest BCUT2D eigenvalue weighted by Gasteiger charge is -2.13. The molecule has 4 rings (SSSR count). The Bertz CT molecular complexity index is 1470. The van der Waals surface area contributed by atoms with Crippen LogP contribution in [0, 0.1) is 11.6 Å². The van der Waals surface area contributed by atoms with E-state index >= 15 is 0 Å². The molecule has 0 aliphatic heterocycles. The summed E-state index contributed by atoms with van der Waals surface area (Å²) in [5.74, 6) is -1.93. The molecule has 2 aromatic carbocycles. The Morgan fingerprint density at radius 1 is 1.13 bits per heavy atom. The molecule has 1 amide bonds. The van der Waals surface area contributed by atoms with E-state index in [9.17, 15) is 13.6 Å². The molecular weight excluding hydrogens is 502 g/mol. The minimum atomic E-state index is -1.06. The molecule has 0 radical (unpaired) electrons. The average molecular weight is 535 g/mol. The van der Waals surface area contributed by atoms with Crippen molar-refractivity contribution >= 4 is 23.1 Å². The van der Waals surface area contributed by atoms with Crippen LogP contribution in [-0.2, 0) is 6.42 Å². The zero-order valence-electron chi connectivity index (χ0n) is 22.1. The highest BCUT2D eigenvalue weighted by Crippen LogP contribution is 2.31. The fourth-order valence-corrected chi connectivity index (χ4v) is 4.29. The van der Waals surface area contributed by atoms with Crippen LogP contribution >= 0.6 is 0 Å². The van der Waals surface area contributed by atoms with Gasteiger partial charge < -0.3 is 20.7 Å². The van der Waals surface area contributed by atoms with Crippen molar-refractivity contribution < 1.29 is 18.3 Å². The Morgan fingerprint density at radius 3 is 2.72 bits per heavy atom. The van der Waals surface area contributed by atoms with Crippen molar-refractivity contribution in [2.45, 2.75) is 26.2 Å². The van der Waals surface area contributed by atoms with Crippen molar-refractivity contribution in [2.24, 2.45) is 0 Å². The summed E-state index contributed by atoms with van der Waals surface area (Å²) in [6, 6.07) is 8.32. The molecule has 2 aromatic heterocycles. The Hall–Kier alpha value is -4.31. The summed E-state index contributed by atoms with van der Waals surface area (Å²) in [7, 11) is 1.28. The number of amides is 1. The maximum absolute atomic E-state index is 14.8. The molecule has 0 atom stereocenters. The highest BCUT2D eigenvalue weighted by atomic mass is 19.2. The van der Waals surface area contributed by atoms with E-state index in [1.807, 2.05) is 19.1 Å². The van der Waals surface area contributed by atoms with Gasteiger partial charge in [0.25, 0.3) is 5.91 Å². The van der Waals surface area contributed by atoms with Crippen LogP contribution in [0.15, 0.2) is 61.6 Å². The minimum Gasteiger partial charge on any atom is -0.494 e. The molecule has 2 heterocycles. The first-order chi connectivity index (χ1) is 19.0. The summed E-state index contributed by atoms with van der Waals surface area (Å²) in [5.41, 5.74) is 3.09. The van der Waals surface area contributed by atoms with Crippen LogP contribution in [0.1, 0.15) is 35.7 Å². The number of benzene rings is 2. The van der Waals surface area contributed by atoms with Crippen molar-refractivity contribution in [3.63, 3.8) is 0 Å². The van der Waals surface area contributed by atoms with E-state index in [0.29, 0.717) is 35.7 Å². The predicted octanol–water partition coefficient (Wildman–Crippen LogP) is 5.27. The van der Waals surface area contributed by atoms with Crippen LogP contribution in [0.5, 0.6) is 5.75 Å². The molecule has 204 valence electrons. The van der Waals surface area contributed by atoms with Gasteiger partial charge in [0.2, 0.25) is 5.82 Å². The van der Waals surface area contributed by atoms with E-state index in [2.05, 4.69) is 32.5 Å². The maximum Gasteiger partial charge on any atom is 0.251 e. The third kappa shape index (κ3) is 6.23. The number of hydrogen-bond donors (Lipinski definition) is 3. The Morgan fingerprint density at radius 2 is 1.95 bits per heavy atom. The van der Waals surface area contributed by atoms with E-state index in [0.717, 1.165) is 37.2 Å². The smallest absolute Gasteiger partial charge is 0.251 e. The Balaban J connectivity index is 1.50. The highest BCUT2D eigenvalue weighted by Gasteiger charge is 2.19. The molecule has 0 spiro atoms. The number of nitrogens with one attached hydrogen (secondary N) is 3. The van der Waals surface area contributed by atoms with E-state index in [-0.39, 0.29) is 17.2 Å². The summed E-state index contributed by atoms with van der Waals surface area (Å²) >= 11 is 0. The van der Waals surface area contributed by atoms with E-state index in [4.69, 9.17) is 4.74 Å². The van der Waals surface area contributed by atoms with Gasteiger partial charge in [-0.3, -0.25) is 9.20 Å². The van der Waals surface area contributed by atoms with Gasteiger partial charge in [-0.05, 0) is 61.7 Å². The number of ether oxygens (including phenoxy) is 1. The standard InChI is InChI=1S/C29H32F2N6O2/c1-4-12-32-13-6-7-14-34-29(38)21-9-8-20(17-19(21)5-2)36-27-28-35-18-23(37(28)16-15-33-27)22-10-11-24(39-3)26(31)25(22)30/h4,8-11,15-18,32H,1,5-7,12-14H2,2-3H3,(H,33,36)(H,34,38). The number of fused-ring (bicyclic) bond motifs is 1. The molecule has 39 heavy (non-hydrogen) atoms. The molecule has 0 fully saturated rings. The van der Waals surface area contributed by atoms with Crippen molar-refractivity contribution in [2.75, 3.05) is 32.1 Å². The molecule has 0 aliphatic carbocycles. The van der Waals surface area contributed by atoms with Crippen LogP contribution in [0.25, 0.3) is 16.9 Å². The predicted molar refractivity (Wildman–Crippen MR) is 149 cm³/mol. The number of anilines is 2. The van der Waals surface area contributed by atoms with E-state index < -0.39 is 11.6 Å². The lowest BCUT2D eigenvalue weighted by Crippen LogP contribution is -2.26. The van der Waals surface area contributed by atoms with Crippen molar-refractivity contribution in [1.82, 2.24) is 25.0 Å². The number of aromatic nitrogens is 3. The normalized spacial score (nSPS) is 11.0. The number of carbonyl (C=O) groups is 1. The first-order valence-corrected chi connectivity index (χ1v) is 12.8. The third-order valence-electron chi connectivity index (χ3n) is 6.32. The summed E-state index contributed by atoms with van der Waals surface area (Å²) < 4.78 is 35.6. The van der Waals surface area contributed by atoms with E-state index in [1.165, 1.54) is 25.4 Å². The van der Waals surface area contributed by atoms with Gasteiger partial charge in [-0.25, -0.2) is 14.4 Å². The maximum atomic E-state index is 14.8. The van der Waals surface area contributed by atoms with Gasteiger partial charge >= 0.3 is 0 Å². The van der Waals surface area contributed by atoms with Crippen LogP contribution in [0.4, 0.5) is 20.3 Å². The van der Waals surface area contributed by atoms with Crippen LogP contribution in [0.3, 0.4) is 0 Å². The quantitative estimate of drug-likeness (QED) is 0.160. The zero-order chi connectivity index (χ0) is 27.8. The number of carbonyl (C=O) groups excluding carboxylic acids is 1. The monoisotopic (exact) mass is 534 g/mol. The summed E-state index contributed by atoms with van der Waals surface area (Å²) in [5, 5.41) is 9.48. The molecule has 0 aliphatic rings. The average Bonchev–Trinajstić information content (AvgIpc) is 3.38. The first-order valence-electron chi connectivity index (χ1n) is 12.8. The lowest BCUT2D eigenvalue weighted by atomic mass is 10.0. The number of halogens is 2.